The van der Waals surface area contributed by atoms with Gasteiger partial charge in [0.25, 0.3) is 11.8 Å². The van der Waals surface area contributed by atoms with Crippen molar-refractivity contribution in [2.24, 2.45) is 5.16 Å². The van der Waals surface area contributed by atoms with E-state index in [2.05, 4.69) is 15.5 Å². The van der Waals surface area contributed by atoms with E-state index in [1.54, 1.807) is 0 Å². The first-order valence-corrected chi connectivity index (χ1v) is 10.9. The monoisotopic (exact) mass is 506 g/mol. The molecule has 0 saturated carbocycles. The quantitative estimate of drug-likeness (QED) is 0.0883. The molecule has 2 aromatic rings. The third-order valence-corrected chi connectivity index (χ3v) is 5.92. The molecule has 2 atom stereocenters. The number of aromatic nitrogens is 2. The number of alkyl halides is 1. The zero-order chi connectivity index (χ0) is 24.5. The molecule has 1 saturated heterocycles. The molecule has 3 rings (SSSR count). The van der Waals surface area contributed by atoms with Crippen LogP contribution in [0, 0.1) is 0 Å². The number of hydrogen-bond acceptors (Lipinski definition) is 12. The van der Waals surface area contributed by atoms with Crippen LogP contribution in [0.2, 0.25) is 0 Å². The summed E-state index contributed by atoms with van der Waals surface area (Å²) in [6.07, 6.45) is 0.708. The van der Waals surface area contributed by atoms with E-state index in [1.807, 2.05) is 0 Å². The third-order valence-electron chi connectivity index (χ3n) is 4.30. The van der Waals surface area contributed by atoms with Gasteiger partial charge in [-0.15, -0.1) is 11.3 Å². The molecule has 18 heteroatoms. The number of nitrogens with two attached hydrogens (primary N) is 1. The Kier molecular flexibility index (Phi) is 6.51. The van der Waals surface area contributed by atoms with Crippen LogP contribution in [-0.2, 0) is 31.3 Å². The fourth-order valence-corrected chi connectivity index (χ4v) is 4.16. The van der Waals surface area contributed by atoms with Crippen LogP contribution in [0.3, 0.4) is 0 Å². The van der Waals surface area contributed by atoms with Crippen LogP contribution in [-0.4, -0.2) is 73.6 Å². The van der Waals surface area contributed by atoms with Gasteiger partial charge in [-0.05, 0) is 0 Å². The average Bonchev–Trinajstić information content (AvgIpc) is 3.15. The van der Waals surface area contributed by atoms with Crippen molar-refractivity contribution in [3.05, 3.63) is 39.3 Å². The normalized spacial score (nSPS) is 18.7. The Balaban J connectivity index is 1.81. The van der Waals surface area contributed by atoms with Gasteiger partial charge in [0.15, 0.2) is 23.2 Å². The summed E-state index contributed by atoms with van der Waals surface area (Å²) in [5, 5.41) is 25.9. The maximum Gasteiger partial charge on any atom is 0.362 e. The molecular weight excluding hydrogens is 491 g/mol. The van der Waals surface area contributed by atoms with Crippen molar-refractivity contribution in [1.82, 2.24) is 19.3 Å². The van der Waals surface area contributed by atoms with Gasteiger partial charge in [0, 0.05) is 11.4 Å². The minimum absolute atomic E-state index is 0.0344. The van der Waals surface area contributed by atoms with E-state index in [9.17, 15) is 37.5 Å². The standard InChI is InChI=1S/C15H15FN6O9S2/c16-2-8-12(14(26)22(8)33(28,29)30)19-13(25)11(7-5-32-15(17)18-7)20-31-4-6-1-9(23)10(24)3-21(6)27/h1,3,5,8,12,24,27H,2,4H2,(H2,17,18)(H,19,25)(H,28,29,30)/b20-11-/t8-,12-/m0/s1. The van der Waals surface area contributed by atoms with Crippen LogP contribution in [0.4, 0.5) is 9.52 Å². The van der Waals surface area contributed by atoms with Crippen molar-refractivity contribution in [1.29, 1.82) is 0 Å². The van der Waals surface area contributed by atoms with Gasteiger partial charge in [-0.2, -0.15) is 13.1 Å². The van der Waals surface area contributed by atoms with E-state index in [-0.39, 0.29) is 20.8 Å². The van der Waals surface area contributed by atoms with Crippen LogP contribution in [0.5, 0.6) is 5.75 Å². The zero-order valence-electron chi connectivity index (χ0n) is 16.2. The highest BCUT2D eigenvalue weighted by atomic mass is 32.2. The van der Waals surface area contributed by atoms with Crippen molar-refractivity contribution in [2.75, 3.05) is 12.4 Å². The Morgan fingerprint density at radius 2 is 2.12 bits per heavy atom. The molecule has 2 amide bonds. The molecule has 15 nitrogen and oxygen atoms in total. The van der Waals surface area contributed by atoms with Crippen molar-refractivity contribution < 1.29 is 42.1 Å². The number of carbonyl (C=O) groups excluding carboxylic acids is 2. The first-order valence-electron chi connectivity index (χ1n) is 8.66. The average molecular weight is 506 g/mol. The number of carbonyl (C=O) groups is 2. The summed E-state index contributed by atoms with van der Waals surface area (Å²) in [7, 11) is -5.03. The molecule has 2 aromatic heterocycles. The molecule has 33 heavy (non-hydrogen) atoms. The van der Waals surface area contributed by atoms with E-state index in [1.165, 1.54) is 5.38 Å². The number of rotatable bonds is 8. The molecule has 1 aliphatic rings. The number of nitrogens with one attached hydrogen (secondary N) is 1. The summed E-state index contributed by atoms with van der Waals surface area (Å²) in [4.78, 5) is 45.0. The smallest absolute Gasteiger partial charge is 0.362 e. The van der Waals surface area contributed by atoms with Crippen molar-refractivity contribution in [2.45, 2.75) is 18.7 Å². The number of halogens is 1. The highest BCUT2D eigenvalue weighted by molar-refractivity contribution is 7.84. The van der Waals surface area contributed by atoms with Crippen LogP contribution in [0.25, 0.3) is 0 Å². The SMILES string of the molecule is Nc1nc(/C(=N/OCc2cc(=O)c(O)cn2O)C(=O)N[C@@H]2C(=O)N(S(=O)(=O)O)[C@H]2CF)cs1. The number of anilines is 1. The molecule has 0 radical (unpaired) electrons. The van der Waals surface area contributed by atoms with Gasteiger partial charge < -0.3 is 26.2 Å². The summed E-state index contributed by atoms with van der Waals surface area (Å²) >= 11 is 0.923. The lowest BCUT2D eigenvalue weighted by atomic mass is 10.00. The molecule has 3 heterocycles. The van der Waals surface area contributed by atoms with Crippen LogP contribution in [0.15, 0.2) is 27.6 Å². The highest BCUT2D eigenvalue weighted by Gasteiger charge is 2.54. The summed E-state index contributed by atoms with van der Waals surface area (Å²) in [6, 6.07) is -2.47. The molecule has 0 aliphatic carbocycles. The minimum atomic E-state index is -5.03. The fourth-order valence-electron chi connectivity index (χ4n) is 2.75. The maximum absolute atomic E-state index is 13.2. The predicted molar refractivity (Wildman–Crippen MR) is 107 cm³/mol. The van der Waals surface area contributed by atoms with Gasteiger partial charge in [0.1, 0.15) is 30.1 Å². The van der Waals surface area contributed by atoms with Gasteiger partial charge in [0.2, 0.25) is 5.43 Å². The fraction of sp³-hybridized carbons (Fsp3) is 0.267. The highest BCUT2D eigenvalue weighted by Crippen LogP contribution is 2.24. The number of amides is 2. The molecule has 0 aromatic carbocycles. The number of hydrogen-bond donors (Lipinski definition) is 5. The minimum Gasteiger partial charge on any atom is -0.503 e. The van der Waals surface area contributed by atoms with E-state index in [0.29, 0.717) is 10.9 Å². The van der Waals surface area contributed by atoms with Crippen molar-refractivity contribution >= 4 is 44.3 Å². The van der Waals surface area contributed by atoms with E-state index >= 15 is 0 Å². The van der Waals surface area contributed by atoms with Gasteiger partial charge >= 0.3 is 10.3 Å². The number of thiazole rings is 1. The molecular formula is C15H15FN6O9S2. The number of nitrogen functional groups attached to an aromatic ring is 1. The van der Waals surface area contributed by atoms with E-state index in [0.717, 1.165) is 17.4 Å². The van der Waals surface area contributed by atoms with Gasteiger partial charge in [0.05, 0.1) is 6.20 Å². The number of oxime groups is 1. The largest absolute Gasteiger partial charge is 0.503 e. The zero-order valence-corrected chi connectivity index (χ0v) is 17.8. The second-order valence-electron chi connectivity index (χ2n) is 6.43. The summed E-state index contributed by atoms with van der Waals surface area (Å²) in [5.74, 6) is -3.13. The Morgan fingerprint density at radius 1 is 1.42 bits per heavy atom. The maximum atomic E-state index is 13.2. The summed E-state index contributed by atoms with van der Waals surface area (Å²) in [5.41, 5.74) is 3.89. The summed E-state index contributed by atoms with van der Waals surface area (Å²) in [6.45, 7) is -1.95. The lowest BCUT2D eigenvalue weighted by Crippen LogP contribution is -2.73. The number of nitrogens with zero attached hydrogens (tertiary/aromatic N) is 4. The van der Waals surface area contributed by atoms with Gasteiger partial charge in [-0.25, -0.2) is 13.7 Å². The summed E-state index contributed by atoms with van der Waals surface area (Å²) < 4.78 is 44.9. The van der Waals surface area contributed by atoms with Crippen LogP contribution >= 0.6 is 11.3 Å². The molecule has 0 unspecified atom stereocenters. The first kappa shape index (κ1) is 23.9. The number of β-lactam (4-membered cyclic amide) rings is 1. The lowest BCUT2D eigenvalue weighted by molar-refractivity contribution is -0.145. The Morgan fingerprint density at radius 3 is 2.70 bits per heavy atom. The molecule has 0 spiro atoms. The number of pyridine rings is 1. The lowest BCUT2D eigenvalue weighted by Gasteiger charge is -2.42. The van der Waals surface area contributed by atoms with Crippen LogP contribution < -0.4 is 16.5 Å². The first-order chi connectivity index (χ1) is 15.4. The number of aromatic hydroxyl groups is 1. The van der Waals surface area contributed by atoms with E-state index in [4.69, 9.17) is 15.1 Å². The Labute approximate surface area is 187 Å². The second-order valence-corrected chi connectivity index (χ2v) is 8.61. The topological polar surface area (TPSA) is 227 Å². The molecule has 1 fully saturated rings. The Hall–Kier alpha value is -3.77. The third kappa shape index (κ3) is 4.86. The van der Waals surface area contributed by atoms with Crippen molar-refractivity contribution in [3.8, 4) is 5.75 Å². The predicted octanol–water partition coefficient (Wildman–Crippen LogP) is -1.78. The van der Waals surface area contributed by atoms with E-state index < -0.39 is 64.4 Å². The van der Waals surface area contributed by atoms with Gasteiger partial charge in [-0.1, -0.05) is 5.16 Å². The molecule has 6 N–H and O–H groups in total. The molecule has 0 bridgehead atoms. The second kappa shape index (κ2) is 9.00. The van der Waals surface area contributed by atoms with Crippen molar-refractivity contribution in [3.63, 3.8) is 0 Å². The van der Waals surface area contributed by atoms with Crippen LogP contribution in [0.1, 0.15) is 11.4 Å². The molecule has 1 aliphatic heterocycles. The van der Waals surface area contributed by atoms with Gasteiger partial charge in [-0.3, -0.25) is 18.9 Å². The Bertz CT molecular complexity index is 1290. The molecule has 178 valence electrons.